The molecule has 0 aromatic heterocycles. The number of hydrogen-bond donors (Lipinski definition) is 0. The van der Waals surface area contributed by atoms with Crippen LogP contribution in [0.4, 0.5) is 17.6 Å². The lowest BCUT2D eigenvalue weighted by molar-refractivity contribution is -0.139. The summed E-state index contributed by atoms with van der Waals surface area (Å²) in [7, 11) is -4.51. The molecule has 0 unspecified atom stereocenters. The van der Waals surface area contributed by atoms with Gasteiger partial charge in [0.1, 0.15) is 10.7 Å². The fourth-order valence-electron chi connectivity index (χ4n) is 1.90. The number of sulfone groups is 1. The Labute approximate surface area is 139 Å². The van der Waals surface area contributed by atoms with E-state index in [1.807, 2.05) is 0 Å². The molecule has 11 heteroatoms. The molecule has 0 saturated heterocycles. The molecule has 0 amide bonds. The van der Waals surface area contributed by atoms with Crippen LogP contribution in [-0.2, 0) is 25.1 Å². The third kappa shape index (κ3) is 3.55. The first kappa shape index (κ1) is 18.7. The van der Waals surface area contributed by atoms with E-state index in [2.05, 4.69) is 0 Å². The predicted octanol–water partition coefficient (Wildman–Crippen LogP) is 3.60. The van der Waals surface area contributed by atoms with Gasteiger partial charge in [-0.05, 0) is 30.3 Å². The average molecular weight is 403 g/mol. The first-order valence-corrected chi connectivity index (χ1v) is 9.80. The van der Waals surface area contributed by atoms with Crippen LogP contribution in [0.15, 0.2) is 57.2 Å². The van der Waals surface area contributed by atoms with Crippen LogP contribution in [0.2, 0.25) is 0 Å². The van der Waals surface area contributed by atoms with Gasteiger partial charge in [-0.25, -0.2) is 21.2 Å². The number of benzene rings is 2. The monoisotopic (exact) mass is 402 g/mol. The highest BCUT2D eigenvalue weighted by molar-refractivity contribution is 8.13. The maximum Gasteiger partial charge on any atom is 0.417 e. The van der Waals surface area contributed by atoms with Crippen LogP contribution in [0.25, 0.3) is 0 Å². The summed E-state index contributed by atoms with van der Waals surface area (Å²) < 4.78 is 99.7. The summed E-state index contributed by atoms with van der Waals surface area (Å²) in [5, 5.41) is 0. The number of alkyl halides is 3. The molecule has 2 aromatic carbocycles. The van der Waals surface area contributed by atoms with Crippen LogP contribution in [0.1, 0.15) is 5.56 Å². The van der Waals surface area contributed by atoms with E-state index in [1.54, 1.807) is 0 Å². The summed E-state index contributed by atoms with van der Waals surface area (Å²) in [6.45, 7) is 0. The number of halogens is 5. The first-order chi connectivity index (χ1) is 10.8. The lowest BCUT2D eigenvalue weighted by Gasteiger charge is -2.13. The van der Waals surface area contributed by atoms with Crippen molar-refractivity contribution in [2.24, 2.45) is 0 Å². The van der Waals surface area contributed by atoms with E-state index in [0.29, 0.717) is 6.07 Å². The van der Waals surface area contributed by atoms with Crippen molar-refractivity contribution in [3.8, 4) is 0 Å². The molecule has 4 nitrogen and oxygen atoms in total. The zero-order valence-corrected chi connectivity index (χ0v) is 13.8. The van der Waals surface area contributed by atoms with Gasteiger partial charge in [0.05, 0.1) is 15.4 Å². The van der Waals surface area contributed by atoms with Crippen molar-refractivity contribution in [1.29, 1.82) is 0 Å². The minimum Gasteiger partial charge on any atom is -0.218 e. The summed E-state index contributed by atoms with van der Waals surface area (Å²) >= 11 is 0. The summed E-state index contributed by atoms with van der Waals surface area (Å²) in [4.78, 5) is -3.06. The topological polar surface area (TPSA) is 68.3 Å². The van der Waals surface area contributed by atoms with Gasteiger partial charge in [-0.3, -0.25) is 0 Å². The molecule has 0 radical (unpaired) electrons. The molecule has 0 bridgehead atoms. The predicted molar refractivity (Wildman–Crippen MR) is 76.3 cm³/mol. The van der Waals surface area contributed by atoms with E-state index >= 15 is 0 Å². The van der Waals surface area contributed by atoms with Crippen LogP contribution < -0.4 is 0 Å². The molecule has 0 atom stereocenters. The Morgan fingerprint density at radius 3 is 1.96 bits per heavy atom. The van der Waals surface area contributed by atoms with Crippen molar-refractivity contribution >= 4 is 29.6 Å². The summed E-state index contributed by atoms with van der Waals surface area (Å²) in [5.74, 6) is -1.13. The minimum absolute atomic E-state index is 0.257. The molecular formula is C13H7ClF4O4S2. The Morgan fingerprint density at radius 2 is 1.46 bits per heavy atom. The highest BCUT2D eigenvalue weighted by atomic mass is 35.7. The highest BCUT2D eigenvalue weighted by Gasteiger charge is 2.38. The molecular weight excluding hydrogens is 396 g/mol. The molecule has 0 aliphatic rings. The van der Waals surface area contributed by atoms with Gasteiger partial charge in [-0.1, -0.05) is 12.1 Å². The Morgan fingerprint density at radius 1 is 0.875 bits per heavy atom. The van der Waals surface area contributed by atoms with Crippen molar-refractivity contribution in [3.05, 3.63) is 53.8 Å². The Hall–Kier alpha value is -1.65. The van der Waals surface area contributed by atoms with Crippen molar-refractivity contribution in [1.82, 2.24) is 0 Å². The molecule has 0 spiro atoms. The normalized spacial score (nSPS) is 13.0. The fraction of sp³-hybridized carbons (Fsp3) is 0.0769. The Bertz CT molecular complexity index is 999. The van der Waals surface area contributed by atoms with Crippen molar-refractivity contribution in [2.45, 2.75) is 20.9 Å². The van der Waals surface area contributed by atoms with Gasteiger partial charge in [0, 0.05) is 10.7 Å². The molecule has 0 heterocycles. The average Bonchev–Trinajstić information content (AvgIpc) is 2.45. The van der Waals surface area contributed by atoms with Crippen LogP contribution in [0, 0.1) is 5.82 Å². The van der Waals surface area contributed by atoms with Gasteiger partial charge in [-0.2, -0.15) is 13.2 Å². The molecule has 24 heavy (non-hydrogen) atoms. The molecule has 0 aliphatic carbocycles. The number of rotatable bonds is 3. The molecule has 0 aliphatic heterocycles. The largest absolute Gasteiger partial charge is 0.417 e. The first-order valence-electron chi connectivity index (χ1n) is 6.00. The Balaban J connectivity index is 2.77. The molecule has 0 fully saturated rings. The SMILES string of the molecule is O=S(=O)(Cl)c1cc(S(=O)(=O)c2ccccc2F)ccc1C(F)(F)F. The van der Waals surface area contributed by atoms with Gasteiger partial charge in [0.15, 0.2) is 0 Å². The van der Waals surface area contributed by atoms with E-state index in [4.69, 9.17) is 10.7 Å². The quantitative estimate of drug-likeness (QED) is 0.581. The summed E-state index contributed by atoms with van der Waals surface area (Å²) in [5.41, 5.74) is -1.62. The van der Waals surface area contributed by atoms with Gasteiger partial charge >= 0.3 is 6.18 Å². The summed E-state index contributed by atoms with van der Waals surface area (Å²) in [6.07, 6.45) is -5.07. The van der Waals surface area contributed by atoms with Crippen molar-refractivity contribution in [3.63, 3.8) is 0 Å². The molecule has 0 N–H and O–H groups in total. The van der Waals surface area contributed by atoms with Crippen molar-refractivity contribution in [2.75, 3.05) is 0 Å². The van der Waals surface area contributed by atoms with E-state index in [0.717, 1.165) is 12.1 Å². The Kier molecular flexibility index (Phi) is 4.68. The van der Waals surface area contributed by atoms with E-state index in [9.17, 15) is 34.4 Å². The lowest BCUT2D eigenvalue weighted by Crippen LogP contribution is -2.13. The second kappa shape index (κ2) is 6.01. The molecule has 2 aromatic rings. The molecule has 130 valence electrons. The third-order valence-corrected chi connectivity index (χ3v) is 6.10. The van der Waals surface area contributed by atoms with Crippen LogP contribution >= 0.6 is 10.7 Å². The standard InChI is InChI=1S/C13H7ClF4O4S2/c14-24(21,22)12-7-8(5-6-9(12)13(16,17)18)23(19,20)11-4-2-1-3-10(11)15/h1-7H. The van der Waals surface area contributed by atoms with Gasteiger partial charge in [0.2, 0.25) is 9.84 Å². The maximum absolute atomic E-state index is 13.7. The van der Waals surface area contributed by atoms with Crippen molar-refractivity contribution < 1.29 is 34.4 Å². The molecule has 2 rings (SSSR count). The molecule has 0 saturated carbocycles. The van der Waals surface area contributed by atoms with Crippen LogP contribution in [0.5, 0.6) is 0 Å². The lowest BCUT2D eigenvalue weighted by atomic mass is 10.2. The van der Waals surface area contributed by atoms with Crippen LogP contribution in [0.3, 0.4) is 0 Å². The second-order valence-corrected chi connectivity index (χ2v) is 8.98. The zero-order valence-electron chi connectivity index (χ0n) is 11.4. The van der Waals surface area contributed by atoms with Gasteiger partial charge in [0.25, 0.3) is 9.05 Å². The number of hydrogen-bond acceptors (Lipinski definition) is 4. The van der Waals surface area contributed by atoms with Gasteiger partial charge < -0.3 is 0 Å². The maximum atomic E-state index is 13.7. The zero-order chi connectivity index (χ0) is 18.3. The third-order valence-electron chi connectivity index (χ3n) is 2.96. The minimum atomic E-state index is -5.07. The fourth-order valence-corrected chi connectivity index (χ4v) is 4.42. The van der Waals surface area contributed by atoms with E-state index in [1.165, 1.54) is 12.1 Å². The van der Waals surface area contributed by atoms with E-state index < -0.39 is 51.1 Å². The smallest absolute Gasteiger partial charge is 0.218 e. The van der Waals surface area contributed by atoms with Gasteiger partial charge in [-0.15, -0.1) is 0 Å². The second-order valence-electron chi connectivity index (χ2n) is 4.53. The summed E-state index contributed by atoms with van der Waals surface area (Å²) in [6, 6.07) is 5.23. The highest BCUT2D eigenvalue weighted by Crippen LogP contribution is 2.37. The van der Waals surface area contributed by atoms with Crippen LogP contribution in [-0.4, -0.2) is 16.8 Å². The van der Waals surface area contributed by atoms with E-state index in [-0.39, 0.29) is 12.1 Å².